The van der Waals surface area contributed by atoms with Crippen molar-refractivity contribution in [3.05, 3.63) is 29.8 Å². The summed E-state index contributed by atoms with van der Waals surface area (Å²) in [7, 11) is 1.41. The third-order valence-electron chi connectivity index (χ3n) is 3.55. The predicted molar refractivity (Wildman–Crippen MR) is 79.5 cm³/mol. The van der Waals surface area contributed by atoms with E-state index in [0.717, 1.165) is 44.2 Å². The molecule has 1 fully saturated rings. The van der Waals surface area contributed by atoms with Gasteiger partial charge in [0, 0.05) is 26.1 Å². The molecule has 0 atom stereocenters. The molecule has 1 heterocycles. The zero-order chi connectivity index (χ0) is 14.9. The van der Waals surface area contributed by atoms with Crippen LogP contribution in [0.1, 0.15) is 12.0 Å². The van der Waals surface area contributed by atoms with Crippen LogP contribution in [0.15, 0.2) is 24.3 Å². The third kappa shape index (κ3) is 5.73. The Hall–Kier alpha value is -1.59. The van der Waals surface area contributed by atoms with Gasteiger partial charge in [-0.25, -0.2) is 0 Å². The smallest absolute Gasteiger partial charge is 0.305 e. The summed E-state index contributed by atoms with van der Waals surface area (Å²) in [5.74, 6) is 0.686. The summed E-state index contributed by atoms with van der Waals surface area (Å²) in [5.41, 5.74) is 1.11. The number of esters is 1. The highest BCUT2D eigenvalue weighted by Crippen LogP contribution is 2.13. The number of carbonyl (C=O) groups is 1. The monoisotopic (exact) mass is 293 g/mol. The van der Waals surface area contributed by atoms with Crippen LogP contribution in [0.25, 0.3) is 0 Å². The number of methoxy groups -OCH3 is 1. The Labute approximate surface area is 125 Å². The number of rotatable bonds is 7. The van der Waals surface area contributed by atoms with E-state index in [1.54, 1.807) is 0 Å². The van der Waals surface area contributed by atoms with Crippen LogP contribution in [0.2, 0.25) is 0 Å². The summed E-state index contributed by atoms with van der Waals surface area (Å²) >= 11 is 0. The number of morpholine rings is 1. The lowest BCUT2D eigenvalue weighted by molar-refractivity contribution is -0.140. The van der Waals surface area contributed by atoms with Gasteiger partial charge in [0.1, 0.15) is 12.4 Å². The lowest BCUT2D eigenvalue weighted by atomic mass is 10.1. The second kappa shape index (κ2) is 8.64. The fourth-order valence-corrected chi connectivity index (χ4v) is 2.22. The molecule has 0 saturated carbocycles. The summed E-state index contributed by atoms with van der Waals surface area (Å²) in [6.45, 7) is 5.20. The SMILES string of the molecule is COC(=O)CCc1ccc(OCCN2CCOCC2)cc1. The van der Waals surface area contributed by atoms with Crippen molar-refractivity contribution >= 4 is 5.97 Å². The highest BCUT2D eigenvalue weighted by molar-refractivity contribution is 5.69. The quantitative estimate of drug-likeness (QED) is 0.713. The van der Waals surface area contributed by atoms with Crippen molar-refractivity contribution in [2.24, 2.45) is 0 Å². The van der Waals surface area contributed by atoms with Crippen molar-refractivity contribution < 1.29 is 19.0 Å². The third-order valence-corrected chi connectivity index (χ3v) is 3.55. The molecule has 1 aromatic carbocycles. The molecule has 0 spiro atoms. The lowest BCUT2D eigenvalue weighted by Crippen LogP contribution is -2.38. The highest BCUT2D eigenvalue weighted by Gasteiger charge is 2.09. The molecule has 0 aromatic heterocycles. The van der Waals surface area contributed by atoms with Crippen LogP contribution in [-0.4, -0.2) is 57.4 Å². The first-order valence-corrected chi connectivity index (χ1v) is 7.36. The zero-order valence-electron chi connectivity index (χ0n) is 12.5. The average Bonchev–Trinajstić information content (AvgIpc) is 2.55. The normalized spacial score (nSPS) is 15.7. The van der Waals surface area contributed by atoms with Gasteiger partial charge in [-0.3, -0.25) is 9.69 Å². The Morgan fingerprint density at radius 1 is 1.24 bits per heavy atom. The van der Waals surface area contributed by atoms with Gasteiger partial charge in [-0.05, 0) is 24.1 Å². The zero-order valence-corrected chi connectivity index (χ0v) is 12.5. The number of benzene rings is 1. The largest absolute Gasteiger partial charge is 0.492 e. The Morgan fingerprint density at radius 2 is 1.95 bits per heavy atom. The maximum atomic E-state index is 11.1. The molecule has 1 saturated heterocycles. The van der Waals surface area contributed by atoms with E-state index in [9.17, 15) is 4.79 Å². The Bertz CT molecular complexity index is 426. The van der Waals surface area contributed by atoms with Gasteiger partial charge in [-0.1, -0.05) is 12.1 Å². The number of nitrogens with zero attached hydrogens (tertiary/aromatic N) is 1. The van der Waals surface area contributed by atoms with Crippen LogP contribution in [-0.2, 0) is 20.7 Å². The van der Waals surface area contributed by atoms with Crippen molar-refractivity contribution in [1.29, 1.82) is 0 Å². The molecule has 0 amide bonds. The summed E-state index contributed by atoms with van der Waals surface area (Å²) in [6.07, 6.45) is 1.11. The van der Waals surface area contributed by atoms with E-state index in [1.807, 2.05) is 24.3 Å². The number of aryl methyl sites for hydroxylation is 1. The molecule has 116 valence electrons. The molecular weight excluding hydrogens is 270 g/mol. The number of hydrogen-bond acceptors (Lipinski definition) is 5. The summed E-state index contributed by atoms with van der Waals surface area (Å²) < 4.78 is 15.7. The van der Waals surface area contributed by atoms with Gasteiger partial charge >= 0.3 is 5.97 Å². The predicted octanol–water partition coefficient (Wildman–Crippen LogP) is 1.50. The molecule has 0 radical (unpaired) electrons. The Morgan fingerprint density at radius 3 is 2.62 bits per heavy atom. The molecule has 1 aliphatic heterocycles. The first kappa shape index (κ1) is 15.8. The van der Waals surface area contributed by atoms with Crippen molar-refractivity contribution in [2.45, 2.75) is 12.8 Å². The molecule has 1 aromatic rings. The van der Waals surface area contributed by atoms with E-state index >= 15 is 0 Å². The van der Waals surface area contributed by atoms with Gasteiger partial charge in [0.25, 0.3) is 0 Å². The molecule has 1 aliphatic rings. The number of ether oxygens (including phenoxy) is 3. The van der Waals surface area contributed by atoms with Crippen molar-refractivity contribution in [3.63, 3.8) is 0 Å². The van der Waals surface area contributed by atoms with Crippen LogP contribution in [0.4, 0.5) is 0 Å². The molecule has 5 nitrogen and oxygen atoms in total. The van der Waals surface area contributed by atoms with E-state index in [1.165, 1.54) is 7.11 Å². The fraction of sp³-hybridized carbons (Fsp3) is 0.562. The van der Waals surface area contributed by atoms with Gasteiger partial charge in [0.2, 0.25) is 0 Å². The minimum absolute atomic E-state index is 0.180. The molecule has 2 rings (SSSR count). The Kier molecular flexibility index (Phi) is 6.50. The van der Waals surface area contributed by atoms with Gasteiger partial charge in [-0.2, -0.15) is 0 Å². The summed E-state index contributed by atoms with van der Waals surface area (Å²) in [4.78, 5) is 13.4. The van der Waals surface area contributed by atoms with Crippen molar-refractivity contribution in [1.82, 2.24) is 4.90 Å². The molecule has 5 heteroatoms. The minimum atomic E-state index is -0.180. The molecular formula is C16H23NO4. The van der Waals surface area contributed by atoms with Crippen LogP contribution >= 0.6 is 0 Å². The average molecular weight is 293 g/mol. The van der Waals surface area contributed by atoms with Crippen LogP contribution in [0, 0.1) is 0 Å². The van der Waals surface area contributed by atoms with Crippen molar-refractivity contribution in [3.8, 4) is 5.75 Å². The van der Waals surface area contributed by atoms with Crippen LogP contribution < -0.4 is 4.74 Å². The molecule has 0 aliphatic carbocycles. The second-order valence-electron chi connectivity index (χ2n) is 5.02. The summed E-state index contributed by atoms with van der Waals surface area (Å²) in [6, 6.07) is 7.89. The van der Waals surface area contributed by atoms with E-state index in [0.29, 0.717) is 19.4 Å². The standard InChI is InChI=1S/C16H23NO4/c1-19-16(18)7-4-14-2-5-15(6-3-14)21-13-10-17-8-11-20-12-9-17/h2-3,5-6H,4,7-13H2,1H3. The van der Waals surface area contributed by atoms with Crippen molar-refractivity contribution in [2.75, 3.05) is 46.6 Å². The van der Waals surface area contributed by atoms with E-state index in [-0.39, 0.29) is 5.97 Å². The highest BCUT2D eigenvalue weighted by atomic mass is 16.5. The molecule has 21 heavy (non-hydrogen) atoms. The number of carbonyl (C=O) groups excluding carboxylic acids is 1. The minimum Gasteiger partial charge on any atom is -0.492 e. The lowest BCUT2D eigenvalue weighted by Gasteiger charge is -2.26. The van der Waals surface area contributed by atoms with Gasteiger partial charge < -0.3 is 14.2 Å². The molecule has 0 unspecified atom stereocenters. The van der Waals surface area contributed by atoms with E-state index in [4.69, 9.17) is 9.47 Å². The number of hydrogen-bond donors (Lipinski definition) is 0. The van der Waals surface area contributed by atoms with E-state index < -0.39 is 0 Å². The van der Waals surface area contributed by atoms with Gasteiger partial charge in [-0.15, -0.1) is 0 Å². The first-order valence-electron chi connectivity index (χ1n) is 7.36. The molecule has 0 N–H and O–H groups in total. The summed E-state index contributed by atoms with van der Waals surface area (Å²) in [5, 5.41) is 0. The Balaban J connectivity index is 1.68. The maximum Gasteiger partial charge on any atom is 0.305 e. The van der Waals surface area contributed by atoms with Gasteiger partial charge in [0.15, 0.2) is 0 Å². The molecule has 0 bridgehead atoms. The van der Waals surface area contributed by atoms with Crippen LogP contribution in [0.3, 0.4) is 0 Å². The van der Waals surface area contributed by atoms with Crippen LogP contribution in [0.5, 0.6) is 5.75 Å². The first-order chi connectivity index (χ1) is 10.3. The topological polar surface area (TPSA) is 48.0 Å². The maximum absolute atomic E-state index is 11.1. The van der Waals surface area contributed by atoms with Gasteiger partial charge in [0.05, 0.1) is 20.3 Å². The second-order valence-corrected chi connectivity index (χ2v) is 5.02. The fourth-order valence-electron chi connectivity index (χ4n) is 2.22. The van der Waals surface area contributed by atoms with E-state index in [2.05, 4.69) is 9.64 Å².